The van der Waals surface area contributed by atoms with E-state index < -0.39 is 60.4 Å². The maximum absolute atomic E-state index is 14.6. The van der Waals surface area contributed by atoms with E-state index in [1.807, 2.05) is 0 Å². The van der Waals surface area contributed by atoms with Gasteiger partial charge in [0, 0.05) is 12.6 Å². The second-order valence-electron chi connectivity index (χ2n) is 5.52. The number of anilines is 1. The number of hydrogen-bond donors (Lipinski definition) is 5. The van der Waals surface area contributed by atoms with E-state index in [9.17, 15) is 32.2 Å². The molecule has 20 heteroatoms. The quantitative estimate of drug-likeness (QED) is 0.306. The molecule has 1 aliphatic heterocycles. The van der Waals surface area contributed by atoms with Gasteiger partial charge >= 0.3 is 29.2 Å². The summed E-state index contributed by atoms with van der Waals surface area (Å²) in [4.78, 5) is 50.1. The Bertz CT molecular complexity index is 969. The van der Waals surface area contributed by atoms with Gasteiger partial charge in [-0.25, -0.2) is 27.3 Å². The summed E-state index contributed by atoms with van der Waals surface area (Å²) in [5.74, 6) is -3.30. The number of hydrogen-bond acceptors (Lipinski definition) is 10. The lowest BCUT2D eigenvalue weighted by Crippen LogP contribution is -2.32. The Hall–Kier alpha value is -1.09. The van der Waals surface area contributed by atoms with E-state index in [4.69, 9.17) is 25.2 Å². The van der Waals surface area contributed by atoms with Gasteiger partial charge in [0.2, 0.25) is 5.85 Å². The molecule has 1 aromatic rings. The highest BCUT2D eigenvalue weighted by Crippen LogP contribution is 2.66. The maximum atomic E-state index is 14.6. The van der Waals surface area contributed by atoms with Gasteiger partial charge in [0.1, 0.15) is 12.4 Å². The first-order valence-electron chi connectivity index (χ1n) is 7.15. The van der Waals surface area contributed by atoms with E-state index in [1.54, 1.807) is 0 Å². The summed E-state index contributed by atoms with van der Waals surface area (Å²) in [5.41, 5.74) is 4.20. The molecule has 2 heterocycles. The fraction of sp³-hybridized carbons (Fsp3) is 0.556. The van der Waals surface area contributed by atoms with Crippen molar-refractivity contribution in [2.45, 2.75) is 24.7 Å². The Morgan fingerprint density at radius 2 is 1.90 bits per heavy atom. The van der Waals surface area contributed by atoms with Gasteiger partial charge in [-0.1, -0.05) is 0 Å². The molecule has 1 aromatic heterocycles. The van der Waals surface area contributed by atoms with Crippen molar-refractivity contribution in [2.75, 3.05) is 12.3 Å². The number of aromatic nitrogens is 2. The van der Waals surface area contributed by atoms with Crippen LogP contribution in [0, 0.1) is 0 Å². The van der Waals surface area contributed by atoms with Gasteiger partial charge in [0.15, 0.2) is 12.4 Å². The van der Waals surface area contributed by atoms with Crippen molar-refractivity contribution >= 4 is 29.3 Å². The smallest absolute Gasteiger partial charge is 0.383 e. The number of halogens is 2. The van der Waals surface area contributed by atoms with Gasteiger partial charge in [-0.05, 0) is 6.07 Å². The number of phosphoric acid groups is 3. The minimum Gasteiger partial charge on any atom is -0.383 e. The average molecular weight is 487 g/mol. The van der Waals surface area contributed by atoms with Gasteiger partial charge < -0.3 is 30.0 Å². The molecular formula is C9H14F2N3O12P3. The predicted octanol–water partition coefficient (Wildman–Crippen LogP) is 0.0916. The molecule has 5 atom stereocenters. The van der Waals surface area contributed by atoms with Crippen molar-refractivity contribution in [1.82, 2.24) is 9.55 Å². The predicted molar refractivity (Wildman–Crippen MR) is 86.2 cm³/mol. The zero-order chi connectivity index (χ0) is 22.3. The van der Waals surface area contributed by atoms with Crippen LogP contribution in [0.2, 0.25) is 0 Å². The topological polar surface area (TPSA) is 230 Å². The van der Waals surface area contributed by atoms with Crippen molar-refractivity contribution < 1.29 is 59.9 Å². The number of nitrogens with zero attached hydrogens (tertiary/aromatic N) is 2. The maximum Gasteiger partial charge on any atom is 0.490 e. The third-order valence-corrected chi connectivity index (χ3v) is 6.91. The van der Waals surface area contributed by atoms with Gasteiger partial charge in [0.05, 0.1) is 0 Å². The molecule has 0 radical (unpaired) electrons. The molecule has 29 heavy (non-hydrogen) atoms. The summed E-state index contributed by atoms with van der Waals surface area (Å²) in [6, 6.07) is 1.10. The molecule has 166 valence electrons. The van der Waals surface area contributed by atoms with Crippen LogP contribution in [-0.4, -0.2) is 47.8 Å². The van der Waals surface area contributed by atoms with Crippen molar-refractivity contribution in [1.29, 1.82) is 0 Å². The van der Waals surface area contributed by atoms with Crippen LogP contribution in [0.4, 0.5) is 14.6 Å². The molecule has 0 spiro atoms. The summed E-state index contributed by atoms with van der Waals surface area (Å²) >= 11 is 0. The number of ether oxygens (including phenoxy) is 1. The van der Waals surface area contributed by atoms with Crippen LogP contribution in [0.25, 0.3) is 0 Å². The summed E-state index contributed by atoms with van der Waals surface area (Å²) in [5, 5.41) is 0. The van der Waals surface area contributed by atoms with E-state index >= 15 is 0 Å². The molecule has 0 aromatic carbocycles. The Morgan fingerprint density at radius 3 is 2.45 bits per heavy atom. The summed E-state index contributed by atoms with van der Waals surface area (Å²) in [6.07, 6.45) is -4.11. The fourth-order valence-corrected chi connectivity index (χ4v) is 5.21. The third-order valence-electron chi connectivity index (χ3n) is 3.13. The first-order valence-corrected chi connectivity index (χ1v) is 11.7. The monoisotopic (exact) mass is 487 g/mol. The van der Waals surface area contributed by atoms with Crippen LogP contribution in [0.1, 0.15) is 12.6 Å². The largest absolute Gasteiger partial charge is 0.490 e. The Morgan fingerprint density at radius 1 is 1.28 bits per heavy atom. The van der Waals surface area contributed by atoms with E-state index in [-0.39, 0.29) is 5.82 Å². The molecule has 0 amide bonds. The van der Waals surface area contributed by atoms with E-state index in [0.29, 0.717) is 4.57 Å². The zero-order valence-electron chi connectivity index (χ0n) is 13.8. The van der Waals surface area contributed by atoms with Crippen LogP contribution in [0.5, 0.6) is 0 Å². The van der Waals surface area contributed by atoms with Crippen molar-refractivity contribution in [3.8, 4) is 0 Å². The Labute approximate surface area is 159 Å². The lowest BCUT2D eigenvalue weighted by atomic mass is 10.2. The second-order valence-corrected chi connectivity index (χ2v) is 9.94. The fourth-order valence-electron chi connectivity index (χ4n) is 2.16. The first kappa shape index (κ1) is 24.2. The van der Waals surface area contributed by atoms with Gasteiger partial charge in [-0.2, -0.15) is 13.6 Å². The summed E-state index contributed by atoms with van der Waals surface area (Å²) in [6.45, 7) is -1.54. The second kappa shape index (κ2) is 8.21. The number of phosphoric ester groups is 1. The highest BCUT2D eigenvalue weighted by Gasteiger charge is 2.51. The molecule has 1 fully saturated rings. The molecule has 0 bridgehead atoms. The number of alkyl halides is 2. The molecule has 2 rings (SSSR count). The molecule has 15 nitrogen and oxygen atoms in total. The van der Waals surface area contributed by atoms with Gasteiger partial charge in [-0.15, -0.1) is 0 Å². The minimum atomic E-state index is -5.81. The first-order chi connectivity index (χ1) is 13.0. The summed E-state index contributed by atoms with van der Waals surface area (Å²) in [7, 11) is -17.1. The Balaban J connectivity index is 2.06. The van der Waals surface area contributed by atoms with Crippen molar-refractivity contribution in [2.24, 2.45) is 0 Å². The van der Waals surface area contributed by atoms with Crippen molar-refractivity contribution in [3.05, 3.63) is 22.7 Å². The van der Waals surface area contributed by atoms with Crippen LogP contribution < -0.4 is 11.4 Å². The van der Waals surface area contributed by atoms with Crippen LogP contribution >= 0.6 is 23.5 Å². The van der Waals surface area contributed by atoms with Crippen LogP contribution in [-0.2, 0) is 31.6 Å². The lowest BCUT2D eigenvalue weighted by Gasteiger charge is -2.22. The van der Waals surface area contributed by atoms with E-state index in [1.165, 1.54) is 0 Å². The molecule has 1 saturated heterocycles. The SMILES string of the molecule is Nc1ccn([C@@H]2O[C@](F)(COP(=O)(O)OP(=O)(O)OP(=O)(O)O)C[C@H]2F)c(=O)n1. The molecule has 1 aliphatic rings. The lowest BCUT2D eigenvalue weighted by molar-refractivity contribution is -0.177. The zero-order valence-corrected chi connectivity index (χ0v) is 16.5. The molecule has 0 saturated carbocycles. The van der Waals surface area contributed by atoms with Crippen LogP contribution in [0.3, 0.4) is 0 Å². The standard InChI is InChI=1S/C9H14F2N3O12P3/c10-5-3-9(11,24-7(5)14-2-1-6(12)13-8(14)15)4-23-28(19,20)26-29(21,22)25-27(16,17)18/h1-2,5,7H,3-4H2,(H,19,20)(H,21,22)(H2,12,13,15)(H2,16,17,18)/t5-,7-,9+/m1/s1. The molecule has 2 unspecified atom stereocenters. The highest BCUT2D eigenvalue weighted by atomic mass is 31.3. The van der Waals surface area contributed by atoms with E-state index in [2.05, 4.69) is 18.1 Å². The number of nitrogens with two attached hydrogens (primary N) is 1. The van der Waals surface area contributed by atoms with Gasteiger partial charge in [-0.3, -0.25) is 9.09 Å². The molecule has 6 N–H and O–H groups in total. The third kappa shape index (κ3) is 6.98. The molecule has 0 aliphatic carbocycles. The van der Waals surface area contributed by atoms with Crippen LogP contribution in [0.15, 0.2) is 17.1 Å². The van der Waals surface area contributed by atoms with Crippen molar-refractivity contribution in [3.63, 3.8) is 0 Å². The average Bonchev–Trinajstić information content (AvgIpc) is 2.77. The number of rotatable bonds is 8. The highest BCUT2D eigenvalue weighted by molar-refractivity contribution is 7.66. The van der Waals surface area contributed by atoms with Gasteiger partial charge in [0.25, 0.3) is 0 Å². The molecular weight excluding hydrogens is 473 g/mol. The Kier molecular flexibility index (Phi) is 6.85. The minimum absolute atomic E-state index is 0.196. The normalized spacial score (nSPS) is 29.3. The van der Waals surface area contributed by atoms with E-state index in [0.717, 1.165) is 12.3 Å². The number of nitrogen functional groups attached to an aromatic ring is 1. The summed E-state index contributed by atoms with van der Waals surface area (Å²) < 4.78 is 78.3.